The van der Waals surface area contributed by atoms with Crippen molar-refractivity contribution < 1.29 is 9.26 Å². The predicted molar refractivity (Wildman–Crippen MR) is 66.9 cm³/mol. The van der Waals surface area contributed by atoms with Crippen LogP contribution in [0.25, 0.3) is 0 Å². The molecule has 0 amide bonds. The molecule has 0 aliphatic rings. The lowest BCUT2D eigenvalue weighted by molar-refractivity contribution is 0.297. The summed E-state index contributed by atoms with van der Waals surface area (Å²) in [4.78, 5) is 14.6. The van der Waals surface area contributed by atoms with Gasteiger partial charge in [0.15, 0.2) is 5.75 Å². The van der Waals surface area contributed by atoms with Gasteiger partial charge in [0.2, 0.25) is 5.43 Å². The van der Waals surface area contributed by atoms with Crippen LogP contribution in [-0.4, -0.2) is 10.1 Å². The Hall–Kier alpha value is -1.75. The topological polar surface area (TPSA) is 68.1 Å². The molecule has 96 valence electrons. The Morgan fingerprint density at radius 3 is 2.83 bits per heavy atom. The molecule has 5 nitrogen and oxygen atoms in total. The molecule has 2 aromatic rings. The second-order valence-electron chi connectivity index (χ2n) is 3.91. The molecule has 0 spiro atoms. The number of H-pyrrole nitrogens is 1. The molecule has 0 aliphatic heterocycles. The molecule has 0 saturated heterocycles. The van der Waals surface area contributed by atoms with E-state index in [0.29, 0.717) is 11.5 Å². The van der Waals surface area contributed by atoms with Crippen LogP contribution in [0.2, 0.25) is 0 Å². The third-order valence-electron chi connectivity index (χ3n) is 2.63. The number of aromatic amines is 1. The molecule has 2 aromatic heterocycles. The van der Waals surface area contributed by atoms with Crippen LogP contribution in [-0.2, 0) is 12.5 Å². The van der Waals surface area contributed by atoms with Crippen molar-refractivity contribution in [2.75, 3.05) is 0 Å². The van der Waals surface area contributed by atoms with E-state index in [4.69, 9.17) is 20.9 Å². The molecule has 0 aromatic carbocycles. The molecule has 2 heterocycles. The highest BCUT2D eigenvalue weighted by molar-refractivity contribution is 6.16. The van der Waals surface area contributed by atoms with E-state index in [9.17, 15) is 4.79 Å². The number of nitrogens with zero attached hydrogens (tertiary/aromatic N) is 1. The van der Waals surface area contributed by atoms with Gasteiger partial charge in [-0.3, -0.25) is 4.79 Å². The summed E-state index contributed by atoms with van der Waals surface area (Å²) in [5.41, 5.74) is 2.08. The summed E-state index contributed by atoms with van der Waals surface area (Å²) >= 11 is 5.62. The van der Waals surface area contributed by atoms with Gasteiger partial charge in [-0.05, 0) is 13.8 Å². The average Bonchev–Trinajstić information content (AvgIpc) is 2.68. The number of hydrogen-bond acceptors (Lipinski definition) is 4. The van der Waals surface area contributed by atoms with Crippen LogP contribution in [0.1, 0.15) is 22.7 Å². The molecule has 0 atom stereocenters. The van der Waals surface area contributed by atoms with Gasteiger partial charge in [-0.1, -0.05) is 5.16 Å². The molecule has 1 N–H and O–H groups in total. The molecule has 2 rings (SSSR count). The van der Waals surface area contributed by atoms with Crippen molar-refractivity contribution in [2.45, 2.75) is 26.3 Å². The largest absolute Gasteiger partial charge is 0.483 e. The molecule has 0 fully saturated rings. The highest BCUT2D eigenvalue weighted by Crippen LogP contribution is 2.14. The first-order chi connectivity index (χ1) is 8.61. The first-order valence-electron chi connectivity index (χ1n) is 5.44. The van der Waals surface area contributed by atoms with Gasteiger partial charge in [0.05, 0.1) is 17.1 Å². The Labute approximate surface area is 109 Å². The predicted octanol–water partition coefficient (Wildman–Crippen LogP) is 2.30. The summed E-state index contributed by atoms with van der Waals surface area (Å²) in [6.45, 7) is 3.89. The molecule has 18 heavy (non-hydrogen) atoms. The minimum absolute atomic E-state index is 0.198. The standard InChI is InChI=1S/C12H13ClN2O3/c1-7-10(8(2)18-15-7)6-17-12-5-14-9(4-13)3-11(12)16/h3,5H,4,6H2,1-2H3,(H,14,16). The maximum atomic E-state index is 11.7. The summed E-state index contributed by atoms with van der Waals surface area (Å²) in [7, 11) is 0. The molecule has 0 bridgehead atoms. The lowest BCUT2D eigenvalue weighted by Gasteiger charge is -2.05. The molecule has 0 aliphatic carbocycles. The van der Waals surface area contributed by atoms with Gasteiger partial charge in [-0.25, -0.2) is 0 Å². The van der Waals surface area contributed by atoms with Crippen molar-refractivity contribution in [3.8, 4) is 5.75 Å². The summed E-state index contributed by atoms with van der Waals surface area (Å²) in [6.07, 6.45) is 1.51. The van der Waals surface area contributed by atoms with E-state index < -0.39 is 0 Å². The lowest BCUT2D eigenvalue weighted by atomic mass is 10.2. The zero-order valence-electron chi connectivity index (χ0n) is 10.1. The molecular formula is C12H13ClN2O3. The Bertz CT molecular complexity index is 584. The molecule has 0 radical (unpaired) electrons. The number of ether oxygens (including phenoxy) is 1. The number of alkyl halides is 1. The second-order valence-corrected chi connectivity index (χ2v) is 4.18. The summed E-state index contributed by atoms with van der Waals surface area (Å²) < 4.78 is 10.5. The van der Waals surface area contributed by atoms with Gasteiger partial charge in [0, 0.05) is 18.0 Å². The Balaban J connectivity index is 2.14. The first-order valence-corrected chi connectivity index (χ1v) is 5.97. The summed E-state index contributed by atoms with van der Waals surface area (Å²) in [5, 5.41) is 3.82. The molecular weight excluding hydrogens is 256 g/mol. The first kappa shape index (κ1) is 12.7. The fraction of sp³-hybridized carbons (Fsp3) is 0.333. The monoisotopic (exact) mass is 268 g/mol. The van der Waals surface area contributed by atoms with Gasteiger partial charge < -0.3 is 14.2 Å². The fourth-order valence-electron chi connectivity index (χ4n) is 1.55. The lowest BCUT2D eigenvalue weighted by Crippen LogP contribution is -2.09. The minimum Gasteiger partial charge on any atom is -0.483 e. The van der Waals surface area contributed by atoms with Crippen molar-refractivity contribution in [1.29, 1.82) is 0 Å². The van der Waals surface area contributed by atoms with E-state index in [-0.39, 0.29) is 23.7 Å². The third-order valence-corrected chi connectivity index (χ3v) is 2.92. The molecule has 0 unspecified atom stereocenters. The average molecular weight is 269 g/mol. The summed E-state index contributed by atoms with van der Waals surface area (Å²) in [6, 6.07) is 1.43. The normalized spacial score (nSPS) is 10.6. The molecule has 0 saturated carbocycles. The van der Waals surface area contributed by atoms with Crippen LogP contribution in [0, 0.1) is 13.8 Å². The molecule has 6 heteroatoms. The van der Waals surface area contributed by atoms with Crippen LogP contribution in [0.3, 0.4) is 0 Å². The van der Waals surface area contributed by atoms with E-state index in [0.717, 1.165) is 11.3 Å². The summed E-state index contributed by atoms with van der Waals surface area (Å²) in [5.74, 6) is 1.21. The Morgan fingerprint density at radius 2 is 2.28 bits per heavy atom. The number of halogens is 1. The zero-order chi connectivity index (χ0) is 13.1. The van der Waals surface area contributed by atoms with Gasteiger partial charge in [-0.15, -0.1) is 11.6 Å². The van der Waals surface area contributed by atoms with Gasteiger partial charge in [-0.2, -0.15) is 0 Å². The van der Waals surface area contributed by atoms with Crippen molar-refractivity contribution in [2.24, 2.45) is 0 Å². The zero-order valence-corrected chi connectivity index (χ0v) is 10.9. The number of aryl methyl sites for hydroxylation is 2. The Morgan fingerprint density at radius 1 is 1.50 bits per heavy atom. The highest BCUT2D eigenvalue weighted by Gasteiger charge is 2.10. The quantitative estimate of drug-likeness (QED) is 0.864. The number of nitrogens with one attached hydrogen (secondary N) is 1. The Kier molecular flexibility index (Phi) is 3.72. The van der Waals surface area contributed by atoms with Crippen molar-refractivity contribution in [3.63, 3.8) is 0 Å². The minimum atomic E-state index is -0.198. The SMILES string of the molecule is Cc1noc(C)c1COc1c[nH]c(CCl)cc1=O. The van der Waals surface area contributed by atoms with Crippen LogP contribution in [0.4, 0.5) is 0 Å². The van der Waals surface area contributed by atoms with E-state index in [1.807, 2.05) is 6.92 Å². The smallest absolute Gasteiger partial charge is 0.223 e. The van der Waals surface area contributed by atoms with E-state index in [2.05, 4.69) is 10.1 Å². The maximum Gasteiger partial charge on any atom is 0.223 e. The van der Waals surface area contributed by atoms with Crippen LogP contribution in [0.15, 0.2) is 21.6 Å². The van der Waals surface area contributed by atoms with Crippen LogP contribution >= 0.6 is 11.6 Å². The number of pyridine rings is 1. The number of aromatic nitrogens is 2. The fourth-order valence-corrected chi connectivity index (χ4v) is 1.70. The third kappa shape index (κ3) is 2.56. The highest BCUT2D eigenvalue weighted by atomic mass is 35.5. The van der Waals surface area contributed by atoms with Crippen molar-refractivity contribution in [3.05, 3.63) is 45.2 Å². The van der Waals surface area contributed by atoms with Crippen molar-refractivity contribution in [1.82, 2.24) is 10.1 Å². The second kappa shape index (κ2) is 5.27. The van der Waals surface area contributed by atoms with Gasteiger partial charge in [0.1, 0.15) is 12.4 Å². The van der Waals surface area contributed by atoms with Crippen LogP contribution in [0.5, 0.6) is 5.75 Å². The van der Waals surface area contributed by atoms with Gasteiger partial charge in [0.25, 0.3) is 0 Å². The van der Waals surface area contributed by atoms with E-state index in [1.165, 1.54) is 12.3 Å². The van der Waals surface area contributed by atoms with Crippen molar-refractivity contribution >= 4 is 11.6 Å². The number of rotatable bonds is 4. The number of hydrogen-bond donors (Lipinski definition) is 1. The van der Waals surface area contributed by atoms with E-state index >= 15 is 0 Å². The van der Waals surface area contributed by atoms with E-state index in [1.54, 1.807) is 6.92 Å². The van der Waals surface area contributed by atoms with Gasteiger partial charge >= 0.3 is 0 Å². The van der Waals surface area contributed by atoms with Crippen LogP contribution < -0.4 is 10.2 Å². The maximum absolute atomic E-state index is 11.7.